The van der Waals surface area contributed by atoms with Gasteiger partial charge in [0.1, 0.15) is 0 Å². The first-order chi connectivity index (χ1) is 9.63. The van der Waals surface area contributed by atoms with Gasteiger partial charge in [-0.3, -0.25) is 0 Å². The number of hydrogen-bond donors (Lipinski definition) is 0. The summed E-state index contributed by atoms with van der Waals surface area (Å²) in [5, 5.41) is 4.61. The lowest BCUT2D eigenvalue weighted by Gasteiger charge is -2.26. The largest absolute Gasteiger partial charge is 0.341 e. The lowest BCUT2D eigenvalue weighted by atomic mass is 10.1. The molecule has 0 bridgehead atoms. The molecule has 1 aliphatic rings. The Bertz CT molecular complexity index is 617. The van der Waals surface area contributed by atoms with Crippen molar-refractivity contribution < 1.29 is 0 Å². The first kappa shape index (κ1) is 13.3. The number of halogens is 1. The molecule has 0 amide bonds. The number of piperidine rings is 1. The molecule has 1 fully saturated rings. The van der Waals surface area contributed by atoms with Gasteiger partial charge < -0.3 is 4.90 Å². The smallest absolute Gasteiger partial charge is 0.256 e. The van der Waals surface area contributed by atoms with Crippen molar-refractivity contribution in [2.45, 2.75) is 33.1 Å². The molecule has 0 saturated carbocycles. The maximum atomic E-state index is 6.05. The zero-order valence-corrected chi connectivity index (χ0v) is 12.4. The summed E-state index contributed by atoms with van der Waals surface area (Å²) in [5.74, 6) is 1.13. The van der Waals surface area contributed by atoms with Crippen LogP contribution in [0, 0.1) is 13.8 Å². The molecular weight excluding hydrogens is 276 g/mol. The van der Waals surface area contributed by atoms with Gasteiger partial charge >= 0.3 is 0 Å². The fraction of sp³-hybridized carbons (Fsp3) is 0.538. The maximum absolute atomic E-state index is 6.05. The first-order valence-electron chi connectivity index (χ1n) is 6.83. The number of anilines is 1. The molecule has 7 heteroatoms. The molecule has 3 heterocycles. The molecule has 0 N–H and O–H groups in total. The highest BCUT2D eigenvalue weighted by Gasteiger charge is 2.17. The van der Waals surface area contributed by atoms with Crippen LogP contribution in [0.3, 0.4) is 0 Å². The second kappa shape index (κ2) is 5.36. The average molecular weight is 293 g/mol. The second-order valence-corrected chi connectivity index (χ2v) is 5.43. The molecule has 2 aromatic rings. The minimum absolute atomic E-state index is 0.211. The highest BCUT2D eigenvalue weighted by molar-refractivity contribution is 6.28. The topological polar surface area (TPSA) is 59.7 Å². The molecule has 0 atom stereocenters. The summed E-state index contributed by atoms with van der Waals surface area (Å²) in [6, 6.07) is 1.98. The van der Waals surface area contributed by atoms with E-state index in [9.17, 15) is 0 Å². The Morgan fingerprint density at radius 3 is 2.35 bits per heavy atom. The zero-order valence-electron chi connectivity index (χ0n) is 11.7. The summed E-state index contributed by atoms with van der Waals surface area (Å²) in [5.41, 5.74) is 1.91. The number of hydrogen-bond acceptors (Lipinski definition) is 5. The van der Waals surface area contributed by atoms with Gasteiger partial charge in [-0.2, -0.15) is 20.1 Å². The van der Waals surface area contributed by atoms with Crippen molar-refractivity contribution in [3.05, 3.63) is 22.7 Å². The van der Waals surface area contributed by atoms with Crippen LogP contribution in [0.1, 0.15) is 30.7 Å². The van der Waals surface area contributed by atoms with Gasteiger partial charge in [-0.05, 0) is 50.8 Å². The van der Waals surface area contributed by atoms with Crippen LogP contribution in [-0.2, 0) is 0 Å². The van der Waals surface area contributed by atoms with E-state index in [0.29, 0.717) is 11.9 Å². The van der Waals surface area contributed by atoms with Crippen LogP contribution < -0.4 is 4.90 Å². The Morgan fingerprint density at radius 1 is 1.00 bits per heavy atom. The Kier molecular flexibility index (Phi) is 3.56. The van der Waals surface area contributed by atoms with Crippen molar-refractivity contribution in [2.75, 3.05) is 18.0 Å². The normalized spacial score (nSPS) is 15.7. The monoisotopic (exact) mass is 292 g/mol. The van der Waals surface area contributed by atoms with Gasteiger partial charge in [-0.15, -0.1) is 0 Å². The number of aryl methyl sites for hydroxylation is 2. The van der Waals surface area contributed by atoms with E-state index in [2.05, 4.69) is 25.0 Å². The van der Waals surface area contributed by atoms with Crippen LogP contribution in [0.5, 0.6) is 0 Å². The van der Waals surface area contributed by atoms with E-state index in [4.69, 9.17) is 11.6 Å². The fourth-order valence-electron chi connectivity index (χ4n) is 2.49. The van der Waals surface area contributed by atoms with Crippen molar-refractivity contribution in [3.8, 4) is 5.95 Å². The SMILES string of the molecule is Cc1cc(C)n(-c2nc(Cl)nc(N3CCCCC3)n2)n1. The van der Waals surface area contributed by atoms with Gasteiger partial charge in [0, 0.05) is 18.8 Å². The van der Waals surface area contributed by atoms with Crippen LogP contribution in [0.15, 0.2) is 6.07 Å². The summed E-state index contributed by atoms with van der Waals surface area (Å²) in [6.07, 6.45) is 3.59. The summed E-state index contributed by atoms with van der Waals surface area (Å²) in [6.45, 7) is 5.85. The van der Waals surface area contributed by atoms with Crippen LogP contribution >= 0.6 is 11.6 Å². The van der Waals surface area contributed by atoms with Gasteiger partial charge in [-0.25, -0.2) is 4.68 Å². The third kappa shape index (κ3) is 2.60. The summed E-state index contributed by atoms with van der Waals surface area (Å²) in [7, 11) is 0. The Balaban J connectivity index is 1.99. The molecule has 0 spiro atoms. The van der Waals surface area contributed by atoms with E-state index in [1.54, 1.807) is 4.68 Å². The van der Waals surface area contributed by atoms with E-state index in [-0.39, 0.29) is 5.28 Å². The predicted molar refractivity (Wildman–Crippen MR) is 77.5 cm³/mol. The fourth-order valence-corrected chi connectivity index (χ4v) is 2.64. The summed E-state index contributed by atoms with van der Waals surface area (Å²) >= 11 is 6.05. The molecule has 20 heavy (non-hydrogen) atoms. The third-order valence-electron chi connectivity index (χ3n) is 3.42. The second-order valence-electron chi connectivity index (χ2n) is 5.09. The van der Waals surface area contributed by atoms with Crippen LogP contribution in [0.25, 0.3) is 5.95 Å². The van der Waals surface area contributed by atoms with E-state index >= 15 is 0 Å². The Hall–Kier alpha value is -1.69. The van der Waals surface area contributed by atoms with Crippen LogP contribution in [0.2, 0.25) is 5.28 Å². The van der Waals surface area contributed by atoms with Gasteiger partial charge in [0.15, 0.2) is 0 Å². The molecule has 1 saturated heterocycles. The lowest BCUT2D eigenvalue weighted by molar-refractivity contribution is 0.565. The summed E-state index contributed by atoms with van der Waals surface area (Å²) < 4.78 is 1.70. The Labute approximate surface area is 122 Å². The molecule has 0 aromatic carbocycles. The van der Waals surface area contributed by atoms with Crippen molar-refractivity contribution in [1.82, 2.24) is 24.7 Å². The summed E-state index contributed by atoms with van der Waals surface area (Å²) in [4.78, 5) is 15.1. The maximum Gasteiger partial charge on any atom is 0.256 e. The molecule has 2 aromatic heterocycles. The van der Waals surface area contributed by atoms with E-state index in [1.165, 1.54) is 19.3 Å². The lowest BCUT2D eigenvalue weighted by Crippen LogP contribution is -2.31. The standard InChI is InChI=1S/C13H17ClN6/c1-9-8-10(2)20(18-9)13-16-11(14)15-12(17-13)19-6-4-3-5-7-19/h8H,3-7H2,1-2H3. The first-order valence-corrected chi connectivity index (χ1v) is 7.21. The molecule has 1 aliphatic heterocycles. The van der Waals surface area contributed by atoms with E-state index < -0.39 is 0 Å². The molecule has 0 unspecified atom stereocenters. The molecule has 3 rings (SSSR count). The zero-order chi connectivity index (χ0) is 14.1. The molecule has 0 radical (unpaired) electrons. The van der Waals surface area contributed by atoms with E-state index in [0.717, 1.165) is 24.5 Å². The highest BCUT2D eigenvalue weighted by Crippen LogP contribution is 2.18. The molecule has 6 nitrogen and oxygen atoms in total. The number of nitrogens with zero attached hydrogens (tertiary/aromatic N) is 6. The quantitative estimate of drug-likeness (QED) is 0.850. The average Bonchev–Trinajstić information content (AvgIpc) is 2.78. The molecular formula is C13H17ClN6. The van der Waals surface area contributed by atoms with Gasteiger partial charge in [-0.1, -0.05) is 0 Å². The minimum atomic E-state index is 0.211. The highest BCUT2D eigenvalue weighted by atomic mass is 35.5. The van der Waals surface area contributed by atoms with Crippen molar-refractivity contribution in [2.24, 2.45) is 0 Å². The van der Waals surface area contributed by atoms with Crippen LogP contribution in [0.4, 0.5) is 5.95 Å². The van der Waals surface area contributed by atoms with Gasteiger partial charge in [0.2, 0.25) is 11.2 Å². The number of aromatic nitrogens is 5. The van der Waals surface area contributed by atoms with Gasteiger partial charge in [0.25, 0.3) is 5.95 Å². The third-order valence-corrected chi connectivity index (χ3v) is 3.59. The van der Waals surface area contributed by atoms with Gasteiger partial charge in [0.05, 0.1) is 5.69 Å². The molecule has 106 valence electrons. The Morgan fingerprint density at radius 2 is 1.70 bits per heavy atom. The minimum Gasteiger partial charge on any atom is -0.341 e. The van der Waals surface area contributed by atoms with E-state index in [1.807, 2.05) is 19.9 Å². The number of rotatable bonds is 2. The molecule has 0 aliphatic carbocycles. The van der Waals surface area contributed by atoms with Crippen molar-refractivity contribution in [3.63, 3.8) is 0 Å². The van der Waals surface area contributed by atoms with Crippen molar-refractivity contribution in [1.29, 1.82) is 0 Å². The van der Waals surface area contributed by atoms with Crippen LogP contribution in [-0.4, -0.2) is 37.8 Å². The van der Waals surface area contributed by atoms with Crippen molar-refractivity contribution >= 4 is 17.5 Å². The predicted octanol–water partition coefficient (Wildman–Crippen LogP) is 2.32.